The number of ketones is 1. The third-order valence-electron chi connectivity index (χ3n) is 4.77. The minimum Gasteiger partial charge on any atom is -0.496 e. The van der Waals surface area contributed by atoms with E-state index in [-0.39, 0.29) is 24.4 Å². The lowest BCUT2D eigenvalue weighted by Gasteiger charge is -2.07. The average molecular weight is 377 g/mol. The normalized spacial score (nSPS) is 13.0. The number of pyridine rings is 2. The molecule has 0 aliphatic rings. The number of aromatic nitrogens is 3. The SMILES string of the molecule is [3H]C([3H])([3H])Oc1ccccc1CC(=O)Cc1ccc(-c2cn(C)c3cnccc23)nc1. The zero-order chi connectivity index (χ0) is 22.0. The van der Waals surface area contributed by atoms with Crippen LogP contribution in [0, 0.1) is 0 Å². The van der Waals surface area contributed by atoms with Crippen LogP contribution in [-0.2, 0) is 24.7 Å². The predicted molar refractivity (Wildman–Crippen MR) is 109 cm³/mol. The monoisotopic (exact) mass is 377 g/mol. The maximum atomic E-state index is 12.6. The third-order valence-corrected chi connectivity index (χ3v) is 4.77. The average Bonchev–Trinajstić information content (AvgIpc) is 3.06. The van der Waals surface area contributed by atoms with E-state index in [1.165, 1.54) is 0 Å². The maximum absolute atomic E-state index is 12.6. The fourth-order valence-corrected chi connectivity index (χ4v) is 3.37. The molecule has 0 unspecified atom stereocenters. The molecule has 4 rings (SSSR count). The topological polar surface area (TPSA) is 57.0 Å². The van der Waals surface area contributed by atoms with E-state index < -0.39 is 7.04 Å². The Kier molecular flexibility index (Phi) is 3.98. The molecule has 0 fully saturated rings. The first-order valence-corrected chi connectivity index (χ1v) is 8.93. The van der Waals surface area contributed by atoms with Crippen LogP contribution >= 0.6 is 0 Å². The molecule has 3 heterocycles. The Bertz CT molecular complexity index is 1230. The second-order valence-electron chi connectivity index (χ2n) is 6.70. The van der Waals surface area contributed by atoms with Gasteiger partial charge >= 0.3 is 0 Å². The molecule has 0 atom stereocenters. The number of fused-ring (bicyclic) bond motifs is 1. The Morgan fingerprint density at radius 3 is 2.86 bits per heavy atom. The van der Waals surface area contributed by atoms with Crippen molar-refractivity contribution in [2.24, 2.45) is 7.05 Å². The first-order valence-electron chi connectivity index (χ1n) is 10.4. The minimum atomic E-state index is -2.56. The van der Waals surface area contributed by atoms with Gasteiger partial charge in [-0.1, -0.05) is 24.3 Å². The van der Waals surface area contributed by atoms with Crippen molar-refractivity contribution in [3.8, 4) is 17.0 Å². The Morgan fingerprint density at radius 1 is 1.14 bits per heavy atom. The van der Waals surface area contributed by atoms with Crippen LogP contribution < -0.4 is 4.74 Å². The molecular formula is C23H21N3O2. The Balaban J connectivity index is 1.48. The summed E-state index contributed by atoms with van der Waals surface area (Å²) in [6.07, 6.45) is 7.59. The van der Waals surface area contributed by atoms with Gasteiger partial charge in [-0.05, 0) is 23.8 Å². The zero-order valence-electron chi connectivity index (χ0n) is 18.4. The summed E-state index contributed by atoms with van der Waals surface area (Å²) in [6, 6.07) is 12.5. The summed E-state index contributed by atoms with van der Waals surface area (Å²) in [5.74, 6) is 0.155. The molecule has 0 aliphatic heterocycles. The molecule has 5 nitrogen and oxygen atoms in total. The highest BCUT2D eigenvalue weighted by Crippen LogP contribution is 2.28. The molecule has 140 valence electrons. The van der Waals surface area contributed by atoms with Crippen LogP contribution in [0.3, 0.4) is 0 Å². The molecule has 0 N–H and O–H groups in total. The lowest BCUT2D eigenvalue weighted by molar-refractivity contribution is -0.117. The van der Waals surface area contributed by atoms with Crippen LogP contribution in [0.4, 0.5) is 0 Å². The fourth-order valence-electron chi connectivity index (χ4n) is 3.37. The predicted octanol–water partition coefficient (Wildman–Crippen LogP) is 4.00. The fraction of sp³-hybridized carbons (Fsp3) is 0.174. The number of Topliss-reactive ketones (excluding diaryl/α,β-unsaturated/α-hetero) is 1. The van der Waals surface area contributed by atoms with Gasteiger partial charge in [0, 0.05) is 55.0 Å². The van der Waals surface area contributed by atoms with Crippen molar-refractivity contribution in [3.05, 3.63) is 78.4 Å². The summed E-state index contributed by atoms with van der Waals surface area (Å²) >= 11 is 0. The first kappa shape index (κ1) is 14.6. The van der Waals surface area contributed by atoms with E-state index >= 15 is 0 Å². The van der Waals surface area contributed by atoms with E-state index in [1.807, 2.05) is 42.2 Å². The molecule has 0 aliphatic carbocycles. The van der Waals surface area contributed by atoms with Crippen LogP contribution in [0.1, 0.15) is 15.2 Å². The van der Waals surface area contributed by atoms with Gasteiger partial charge in [-0.2, -0.15) is 0 Å². The van der Waals surface area contributed by atoms with Gasteiger partial charge in [0.25, 0.3) is 0 Å². The van der Waals surface area contributed by atoms with Gasteiger partial charge in [0.15, 0.2) is 0 Å². The highest BCUT2D eigenvalue weighted by Gasteiger charge is 2.12. The van der Waals surface area contributed by atoms with E-state index in [4.69, 9.17) is 8.85 Å². The summed E-state index contributed by atoms with van der Waals surface area (Å²) in [7, 11) is -0.592. The molecule has 0 radical (unpaired) electrons. The summed E-state index contributed by atoms with van der Waals surface area (Å²) in [5.41, 5.74) is 4.21. The van der Waals surface area contributed by atoms with Crippen molar-refractivity contribution in [3.63, 3.8) is 0 Å². The van der Waals surface area contributed by atoms with E-state index in [0.717, 1.165) is 27.7 Å². The van der Waals surface area contributed by atoms with Crippen LogP contribution in [0.15, 0.2) is 67.3 Å². The maximum Gasteiger partial charge on any atom is 0.141 e. The number of methoxy groups -OCH3 is 1. The molecule has 1 aromatic carbocycles. The molecule has 28 heavy (non-hydrogen) atoms. The largest absolute Gasteiger partial charge is 0.496 e. The van der Waals surface area contributed by atoms with E-state index in [1.54, 1.807) is 36.7 Å². The quantitative estimate of drug-likeness (QED) is 0.510. The van der Waals surface area contributed by atoms with Crippen LogP contribution in [0.5, 0.6) is 5.75 Å². The van der Waals surface area contributed by atoms with Crippen molar-refractivity contribution in [2.75, 3.05) is 7.04 Å². The van der Waals surface area contributed by atoms with Gasteiger partial charge in [-0.25, -0.2) is 0 Å². The standard InChI is InChI=1S/C23H21N3O2/c1-26-15-20(19-9-10-24-14-22(19)26)21-8-7-16(13-25-21)11-18(27)12-17-5-3-4-6-23(17)28-2/h3-10,13-15H,11-12H2,1-2H3/i2T3. The molecule has 0 saturated heterocycles. The number of carbonyl (C=O) groups excluding carboxylic acids is 1. The first-order chi connectivity index (χ1) is 14.8. The van der Waals surface area contributed by atoms with Gasteiger partial charge in [-0.3, -0.25) is 14.8 Å². The van der Waals surface area contributed by atoms with Crippen LogP contribution in [0.2, 0.25) is 0 Å². The molecule has 3 aromatic heterocycles. The van der Waals surface area contributed by atoms with Crippen molar-refractivity contribution >= 4 is 16.7 Å². The molecule has 0 bridgehead atoms. The van der Waals surface area contributed by atoms with E-state index in [9.17, 15) is 4.79 Å². The lowest BCUT2D eigenvalue weighted by atomic mass is 10.0. The number of hydrogen-bond donors (Lipinski definition) is 0. The number of hydrogen-bond acceptors (Lipinski definition) is 4. The Labute approximate surface area is 167 Å². The summed E-state index contributed by atoms with van der Waals surface area (Å²) in [4.78, 5) is 21.3. The van der Waals surface area contributed by atoms with Gasteiger partial charge < -0.3 is 9.30 Å². The third kappa shape index (κ3) is 3.51. The molecule has 0 saturated carbocycles. The molecule has 4 aromatic rings. The second-order valence-corrected chi connectivity index (χ2v) is 6.70. The number of rotatable bonds is 6. The number of aryl methyl sites for hydroxylation is 1. The highest BCUT2D eigenvalue weighted by molar-refractivity contribution is 5.94. The van der Waals surface area contributed by atoms with Crippen LogP contribution in [0.25, 0.3) is 22.2 Å². The lowest BCUT2D eigenvalue weighted by Crippen LogP contribution is -2.08. The Hall–Kier alpha value is -3.47. The van der Waals surface area contributed by atoms with E-state index in [0.29, 0.717) is 5.56 Å². The highest BCUT2D eigenvalue weighted by atomic mass is 16.5. The zero-order valence-corrected chi connectivity index (χ0v) is 15.4. The molecule has 0 spiro atoms. The second kappa shape index (κ2) is 7.64. The number of ether oxygens (including phenoxy) is 1. The van der Waals surface area contributed by atoms with E-state index in [2.05, 4.69) is 9.97 Å². The number of nitrogens with zero attached hydrogens (tertiary/aromatic N) is 3. The van der Waals surface area contributed by atoms with Gasteiger partial charge in [0.05, 0.1) is 28.6 Å². The minimum absolute atomic E-state index is 0.0487. The summed E-state index contributed by atoms with van der Waals surface area (Å²) in [6.45, 7) is 0. The summed E-state index contributed by atoms with van der Waals surface area (Å²) < 4.78 is 28.9. The van der Waals surface area contributed by atoms with Crippen molar-refractivity contribution in [2.45, 2.75) is 12.8 Å². The van der Waals surface area contributed by atoms with Gasteiger partial charge in [0.1, 0.15) is 11.5 Å². The smallest absolute Gasteiger partial charge is 0.141 e. The van der Waals surface area contributed by atoms with Gasteiger partial charge in [-0.15, -0.1) is 0 Å². The Morgan fingerprint density at radius 2 is 2.04 bits per heavy atom. The number of benzene rings is 1. The number of para-hydroxylation sites is 1. The summed E-state index contributed by atoms with van der Waals surface area (Å²) in [5, 5.41) is 1.07. The molecule has 0 amide bonds. The molecular weight excluding hydrogens is 350 g/mol. The van der Waals surface area contributed by atoms with Crippen molar-refractivity contribution in [1.29, 1.82) is 0 Å². The molecule has 5 heteroatoms. The van der Waals surface area contributed by atoms with Crippen molar-refractivity contribution < 1.29 is 13.6 Å². The number of carbonyl (C=O) groups is 1. The van der Waals surface area contributed by atoms with Crippen LogP contribution in [-0.4, -0.2) is 27.4 Å². The van der Waals surface area contributed by atoms with Gasteiger partial charge in [0.2, 0.25) is 0 Å². The van der Waals surface area contributed by atoms with Crippen molar-refractivity contribution in [1.82, 2.24) is 14.5 Å².